The first kappa shape index (κ1) is 19.9. The molecule has 0 saturated carbocycles. The Labute approximate surface area is 202 Å². The Morgan fingerprint density at radius 2 is 1.43 bits per heavy atom. The molecule has 168 valence electrons. The quantitative estimate of drug-likeness (QED) is 0.284. The molecule has 0 bridgehead atoms. The minimum Gasteiger partial charge on any atom is -0.292 e. The number of rotatable bonds is 2. The number of fused-ring (bicyclic) bond motifs is 5. The van der Waals surface area contributed by atoms with Crippen molar-refractivity contribution in [1.82, 2.24) is 23.9 Å². The van der Waals surface area contributed by atoms with Gasteiger partial charge in [0.25, 0.3) is 0 Å². The number of para-hydroxylation sites is 3. The number of aromatic nitrogens is 5. The van der Waals surface area contributed by atoms with Crippen LogP contribution >= 0.6 is 0 Å². The van der Waals surface area contributed by atoms with E-state index in [1.54, 1.807) is 0 Å². The molecular formula is C30H23N5. The van der Waals surface area contributed by atoms with Gasteiger partial charge in [0.05, 0.1) is 33.3 Å². The van der Waals surface area contributed by atoms with Crippen molar-refractivity contribution in [1.29, 1.82) is 0 Å². The van der Waals surface area contributed by atoms with Crippen molar-refractivity contribution in [3.8, 4) is 17.1 Å². The molecule has 5 nitrogen and oxygen atoms in total. The van der Waals surface area contributed by atoms with E-state index in [4.69, 9.17) is 15.0 Å². The minimum absolute atomic E-state index is 0.703. The largest absolute Gasteiger partial charge is 0.292 e. The van der Waals surface area contributed by atoms with Gasteiger partial charge in [-0.05, 0) is 67.8 Å². The third-order valence-electron chi connectivity index (χ3n) is 6.83. The second-order valence-electron chi connectivity index (χ2n) is 9.29. The summed E-state index contributed by atoms with van der Waals surface area (Å²) < 4.78 is 4.36. The van der Waals surface area contributed by atoms with Gasteiger partial charge in [-0.1, -0.05) is 48.5 Å². The number of hydrogen-bond donors (Lipinski definition) is 0. The molecule has 35 heavy (non-hydrogen) atoms. The zero-order valence-electron chi connectivity index (χ0n) is 19.8. The second-order valence-corrected chi connectivity index (χ2v) is 9.29. The van der Waals surface area contributed by atoms with Gasteiger partial charge in [0, 0.05) is 17.1 Å². The average Bonchev–Trinajstić information content (AvgIpc) is 3.40. The molecule has 0 saturated heterocycles. The lowest BCUT2D eigenvalue weighted by molar-refractivity contribution is 1.06. The maximum Gasteiger partial charge on any atom is 0.235 e. The monoisotopic (exact) mass is 453 g/mol. The van der Waals surface area contributed by atoms with E-state index in [9.17, 15) is 0 Å². The molecule has 0 radical (unpaired) electrons. The Kier molecular flexibility index (Phi) is 4.12. The van der Waals surface area contributed by atoms with E-state index in [0.717, 1.165) is 44.4 Å². The highest BCUT2D eigenvalue weighted by atomic mass is 15.1. The standard InChI is InChI=1S/C30H23N5/c1-18-11-14-27-25(15-18)31-29(35(27)28-19(2)7-6-8-20(28)3)21-12-13-22-17-34-26-10-5-4-9-23(26)32-30(34)33-24(22)16-21/h4-17H,1-3H3. The number of nitrogens with zero attached hydrogens (tertiary/aromatic N) is 5. The van der Waals surface area contributed by atoms with E-state index < -0.39 is 0 Å². The van der Waals surface area contributed by atoms with Crippen molar-refractivity contribution >= 4 is 38.7 Å². The molecule has 7 rings (SSSR count). The minimum atomic E-state index is 0.703. The maximum absolute atomic E-state index is 5.12. The van der Waals surface area contributed by atoms with Gasteiger partial charge >= 0.3 is 0 Å². The molecule has 0 atom stereocenters. The summed E-state index contributed by atoms with van der Waals surface area (Å²) >= 11 is 0. The van der Waals surface area contributed by atoms with E-state index in [0.29, 0.717) is 5.78 Å². The molecular weight excluding hydrogens is 430 g/mol. The molecule has 0 N–H and O–H groups in total. The molecule has 0 spiro atoms. The van der Waals surface area contributed by atoms with Crippen LogP contribution in [0.15, 0.2) is 85.1 Å². The highest BCUT2D eigenvalue weighted by molar-refractivity contribution is 5.90. The maximum atomic E-state index is 5.12. The summed E-state index contributed by atoms with van der Waals surface area (Å²) in [5.41, 5.74) is 10.9. The van der Waals surface area contributed by atoms with Gasteiger partial charge in [-0.3, -0.25) is 8.97 Å². The third-order valence-corrected chi connectivity index (χ3v) is 6.83. The lowest BCUT2D eigenvalue weighted by Gasteiger charge is -2.15. The Morgan fingerprint density at radius 1 is 0.629 bits per heavy atom. The van der Waals surface area contributed by atoms with E-state index >= 15 is 0 Å². The van der Waals surface area contributed by atoms with Gasteiger partial charge in [-0.25, -0.2) is 15.0 Å². The second kappa shape index (κ2) is 7.24. The number of aryl methyl sites for hydroxylation is 3. The number of imidazole rings is 2. The van der Waals surface area contributed by atoms with Crippen molar-refractivity contribution in [2.75, 3.05) is 0 Å². The highest BCUT2D eigenvalue weighted by Gasteiger charge is 2.18. The summed E-state index contributed by atoms with van der Waals surface area (Å²) in [6, 6.07) is 27.5. The summed E-state index contributed by atoms with van der Waals surface area (Å²) in [4.78, 5) is 14.8. The third kappa shape index (κ3) is 2.98. The lowest BCUT2D eigenvalue weighted by atomic mass is 10.1. The lowest BCUT2D eigenvalue weighted by Crippen LogP contribution is -2.02. The van der Waals surface area contributed by atoms with Crippen LogP contribution in [0.3, 0.4) is 0 Å². The van der Waals surface area contributed by atoms with E-state index in [1.165, 1.54) is 22.4 Å². The van der Waals surface area contributed by atoms with Crippen molar-refractivity contribution in [2.45, 2.75) is 20.8 Å². The first-order chi connectivity index (χ1) is 17.1. The Bertz CT molecular complexity index is 1920. The molecule has 0 fully saturated rings. The molecule has 7 aromatic rings. The first-order valence-corrected chi connectivity index (χ1v) is 11.8. The molecule has 3 heterocycles. The molecule has 0 aliphatic rings. The predicted molar refractivity (Wildman–Crippen MR) is 142 cm³/mol. The highest BCUT2D eigenvalue weighted by Crippen LogP contribution is 2.33. The summed E-state index contributed by atoms with van der Waals surface area (Å²) in [5.74, 6) is 1.62. The van der Waals surface area contributed by atoms with Crippen molar-refractivity contribution < 1.29 is 0 Å². The van der Waals surface area contributed by atoms with E-state index in [1.807, 2.05) is 18.2 Å². The first-order valence-electron chi connectivity index (χ1n) is 11.8. The van der Waals surface area contributed by atoms with Crippen molar-refractivity contribution in [3.05, 3.63) is 102 Å². The van der Waals surface area contributed by atoms with Crippen LogP contribution in [0.25, 0.3) is 55.8 Å². The molecule has 0 aliphatic heterocycles. The van der Waals surface area contributed by atoms with E-state index in [-0.39, 0.29) is 0 Å². The normalized spacial score (nSPS) is 11.9. The summed E-state index contributed by atoms with van der Waals surface area (Å²) in [6.07, 6.45) is 2.12. The van der Waals surface area contributed by atoms with Crippen LogP contribution in [0.5, 0.6) is 0 Å². The van der Waals surface area contributed by atoms with Crippen LogP contribution in [0.1, 0.15) is 16.7 Å². The fourth-order valence-electron chi connectivity index (χ4n) is 5.14. The molecule has 0 amide bonds. The zero-order valence-corrected chi connectivity index (χ0v) is 19.8. The van der Waals surface area contributed by atoms with Gasteiger partial charge in [-0.15, -0.1) is 0 Å². The van der Waals surface area contributed by atoms with Gasteiger partial charge in [-0.2, -0.15) is 0 Å². The van der Waals surface area contributed by atoms with Gasteiger partial charge < -0.3 is 0 Å². The fraction of sp³-hybridized carbons (Fsp3) is 0.100. The Balaban J connectivity index is 1.51. The van der Waals surface area contributed by atoms with Crippen molar-refractivity contribution in [2.24, 2.45) is 0 Å². The average molecular weight is 454 g/mol. The van der Waals surface area contributed by atoms with Crippen LogP contribution < -0.4 is 0 Å². The summed E-state index contributed by atoms with van der Waals surface area (Å²) in [6.45, 7) is 6.43. The Hall–Kier alpha value is -4.51. The topological polar surface area (TPSA) is 48.0 Å². The van der Waals surface area contributed by atoms with Crippen LogP contribution in [-0.4, -0.2) is 23.9 Å². The SMILES string of the molecule is Cc1ccc2c(c1)nc(-c1ccc3cn4c(nc3c1)nc1ccccc14)n2-c1c(C)cccc1C. The smallest absolute Gasteiger partial charge is 0.235 e. The van der Waals surface area contributed by atoms with Crippen LogP contribution in [0.4, 0.5) is 0 Å². The molecule has 0 unspecified atom stereocenters. The van der Waals surface area contributed by atoms with Gasteiger partial charge in [0.1, 0.15) is 5.82 Å². The van der Waals surface area contributed by atoms with Gasteiger partial charge in [0.15, 0.2) is 0 Å². The molecule has 0 aliphatic carbocycles. The van der Waals surface area contributed by atoms with E-state index in [2.05, 4.69) is 96.6 Å². The molecule has 4 aromatic carbocycles. The van der Waals surface area contributed by atoms with Gasteiger partial charge in [0.2, 0.25) is 5.78 Å². The summed E-state index contributed by atoms with van der Waals surface area (Å²) in [7, 11) is 0. The summed E-state index contributed by atoms with van der Waals surface area (Å²) in [5, 5.41) is 1.06. The zero-order chi connectivity index (χ0) is 23.7. The number of hydrogen-bond acceptors (Lipinski definition) is 3. The fourth-order valence-corrected chi connectivity index (χ4v) is 5.14. The molecule has 3 aromatic heterocycles. The number of benzene rings is 4. The van der Waals surface area contributed by atoms with Crippen LogP contribution in [-0.2, 0) is 0 Å². The predicted octanol–water partition coefficient (Wildman–Crippen LogP) is 6.97. The van der Waals surface area contributed by atoms with Crippen LogP contribution in [0.2, 0.25) is 0 Å². The van der Waals surface area contributed by atoms with Crippen LogP contribution in [0, 0.1) is 20.8 Å². The Morgan fingerprint density at radius 3 is 2.29 bits per heavy atom. The molecule has 5 heteroatoms. The van der Waals surface area contributed by atoms with Crippen molar-refractivity contribution in [3.63, 3.8) is 0 Å².